The fourth-order valence-corrected chi connectivity index (χ4v) is 2.45. The van der Waals surface area contributed by atoms with Crippen LogP contribution in [-0.2, 0) is 16.0 Å². The Morgan fingerprint density at radius 3 is 2.80 bits per heavy atom. The highest BCUT2D eigenvalue weighted by atomic mass is 16.5. The van der Waals surface area contributed by atoms with E-state index in [-0.39, 0.29) is 18.1 Å². The molecule has 4 nitrogen and oxygen atoms in total. The van der Waals surface area contributed by atoms with Crippen LogP contribution in [0, 0.1) is 0 Å². The molecule has 4 heteroatoms. The first kappa shape index (κ1) is 14.9. The highest BCUT2D eigenvalue weighted by Gasteiger charge is 2.23. The van der Waals surface area contributed by atoms with Crippen LogP contribution in [-0.4, -0.2) is 31.3 Å². The molecule has 1 N–H and O–H groups in total. The second kappa shape index (κ2) is 7.29. The third kappa shape index (κ3) is 4.23. The van der Waals surface area contributed by atoms with Gasteiger partial charge in [-0.3, -0.25) is 4.79 Å². The van der Waals surface area contributed by atoms with Crippen molar-refractivity contribution in [2.24, 2.45) is 0 Å². The highest BCUT2D eigenvalue weighted by Crippen LogP contribution is 2.16. The first-order valence-corrected chi connectivity index (χ1v) is 7.31. The monoisotopic (exact) mass is 277 g/mol. The van der Waals surface area contributed by atoms with E-state index in [4.69, 9.17) is 9.47 Å². The molecule has 1 aliphatic heterocycles. The van der Waals surface area contributed by atoms with E-state index in [9.17, 15) is 4.79 Å². The van der Waals surface area contributed by atoms with Gasteiger partial charge in [-0.1, -0.05) is 12.1 Å². The molecule has 0 aromatic heterocycles. The number of carbonyl (C=O) groups is 1. The Hall–Kier alpha value is -1.55. The standard InChI is InChI=1S/C16H23NO3/c1-3-19-14-8-6-13(7-9-14)11-16(18)17-12(2)15-5-4-10-20-15/h6-9,12,15H,3-5,10-11H2,1-2H3,(H,17,18)/t12-,15-/m1/s1. The Bertz CT molecular complexity index is 424. The lowest BCUT2D eigenvalue weighted by Gasteiger charge is -2.20. The van der Waals surface area contributed by atoms with Gasteiger partial charge < -0.3 is 14.8 Å². The summed E-state index contributed by atoms with van der Waals surface area (Å²) in [4.78, 5) is 12.0. The van der Waals surface area contributed by atoms with Crippen LogP contribution in [0.5, 0.6) is 5.75 Å². The number of ether oxygens (including phenoxy) is 2. The maximum absolute atomic E-state index is 12.0. The third-order valence-corrected chi connectivity index (χ3v) is 3.51. The summed E-state index contributed by atoms with van der Waals surface area (Å²) in [6.45, 7) is 5.42. The fourth-order valence-electron chi connectivity index (χ4n) is 2.45. The van der Waals surface area contributed by atoms with Gasteiger partial charge in [0.05, 0.1) is 25.2 Å². The van der Waals surface area contributed by atoms with Gasteiger partial charge in [0.1, 0.15) is 5.75 Å². The van der Waals surface area contributed by atoms with Crippen molar-refractivity contribution in [3.05, 3.63) is 29.8 Å². The maximum Gasteiger partial charge on any atom is 0.224 e. The Kier molecular flexibility index (Phi) is 5.41. The minimum absolute atomic E-state index is 0.0390. The van der Waals surface area contributed by atoms with Crippen LogP contribution in [0.2, 0.25) is 0 Å². The molecule has 2 rings (SSSR count). The molecule has 1 heterocycles. The molecule has 1 aromatic rings. The number of benzene rings is 1. The lowest BCUT2D eigenvalue weighted by molar-refractivity contribution is -0.121. The first-order chi connectivity index (χ1) is 9.69. The van der Waals surface area contributed by atoms with E-state index in [1.807, 2.05) is 38.1 Å². The average Bonchev–Trinajstić information content (AvgIpc) is 2.95. The van der Waals surface area contributed by atoms with Gasteiger partial charge in [-0.15, -0.1) is 0 Å². The van der Waals surface area contributed by atoms with Crippen LogP contribution in [0.3, 0.4) is 0 Å². The molecule has 1 aliphatic rings. The fraction of sp³-hybridized carbons (Fsp3) is 0.562. The molecule has 0 saturated carbocycles. The largest absolute Gasteiger partial charge is 0.494 e. The molecule has 110 valence electrons. The van der Waals surface area contributed by atoms with Crippen LogP contribution < -0.4 is 10.1 Å². The minimum atomic E-state index is 0.0390. The summed E-state index contributed by atoms with van der Waals surface area (Å²) in [6, 6.07) is 7.74. The van der Waals surface area contributed by atoms with E-state index in [1.165, 1.54) is 0 Å². The molecule has 1 saturated heterocycles. The van der Waals surface area contributed by atoms with Gasteiger partial charge in [0.2, 0.25) is 5.91 Å². The predicted molar refractivity (Wildman–Crippen MR) is 77.9 cm³/mol. The number of hydrogen-bond donors (Lipinski definition) is 1. The molecule has 0 aliphatic carbocycles. The van der Waals surface area contributed by atoms with Gasteiger partial charge in [-0.2, -0.15) is 0 Å². The molecule has 0 unspecified atom stereocenters. The van der Waals surface area contributed by atoms with Gasteiger partial charge in [-0.05, 0) is 44.4 Å². The average molecular weight is 277 g/mol. The zero-order chi connectivity index (χ0) is 14.4. The quantitative estimate of drug-likeness (QED) is 0.868. The normalized spacial score (nSPS) is 19.6. The number of rotatable bonds is 6. The zero-order valence-electron chi connectivity index (χ0n) is 12.2. The number of nitrogens with one attached hydrogen (secondary N) is 1. The number of amides is 1. The van der Waals surface area contributed by atoms with E-state index >= 15 is 0 Å². The molecule has 1 aromatic carbocycles. The van der Waals surface area contributed by atoms with Crippen LogP contribution >= 0.6 is 0 Å². The summed E-state index contributed by atoms with van der Waals surface area (Å²) in [5.41, 5.74) is 0.991. The molecule has 20 heavy (non-hydrogen) atoms. The van der Waals surface area contributed by atoms with Crippen molar-refractivity contribution in [1.29, 1.82) is 0 Å². The summed E-state index contributed by atoms with van der Waals surface area (Å²) in [5.74, 6) is 0.876. The lowest BCUT2D eigenvalue weighted by Crippen LogP contribution is -2.41. The summed E-state index contributed by atoms with van der Waals surface area (Å²) >= 11 is 0. The van der Waals surface area contributed by atoms with Crippen molar-refractivity contribution >= 4 is 5.91 Å². The van der Waals surface area contributed by atoms with Crippen LogP contribution in [0.15, 0.2) is 24.3 Å². The zero-order valence-corrected chi connectivity index (χ0v) is 12.2. The van der Waals surface area contributed by atoms with E-state index in [2.05, 4.69) is 5.32 Å². The SMILES string of the molecule is CCOc1ccc(CC(=O)N[C@H](C)[C@H]2CCCO2)cc1. The first-order valence-electron chi connectivity index (χ1n) is 7.31. The Morgan fingerprint density at radius 2 is 2.20 bits per heavy atom. The van der Waals surface area contributed by atoms with Crippen molar-refractivity contribution in [3.8, 4) is 5.75 Å². The van der Waals surface area contributed by atoms with Crippen LogP contribution in [0.4, 0.5) is 0 Å². The molecule has 0 spiro atoms. The maximum atomic E-state index is 12.0. The Balaban J connectivity index is 1.81. The molecule has 1 amide bonds. The smallest absolute Gasteiger partial charge is 0.224 e. The third-order valence-electron chi connectivity index (χ3n) is 3.51. The molecular weight excluding hydrogens is 254 g/mol. The Labute approximate surface area is 120 Å². The van der Waals surface area contributed by atoms with Crippen molar-refractivity contribution in [1.82, 2.24) is 5.32 Å². The summed E-state index contributed by atoms with van der Waals surface area (Å²) in [7, 11) is 0. The van der Waals surface area contributed by atoms with E-state index in [0.29, 0.717) is 13.0 Å². The van der Waals surface area contributed by atoms with Gasteiger partial charge in [0.25, 0.3) is 0 Å². The van der Waals surface area contributed by atoms with Gasteiger partial charge in [-0.25, -0.2) is 0 Å². The number of hydrogen-bond acceptors (Lipinski definition) is 3. The van der Waals surface area contributed by atoms with Crippen molar-refractivity contribution < 1.29 is 14.3 Å². The van der Waals surface area contributed by atoms with E-state index < -0.39 is 0 Å². The van der Waals surface area contributed by atoms with Crippen molar-refractivity contribution in [3.63, 3.8) is 0 Å². The minimum Gasteiger partial charge on any atom is -0.494 e. The predicted octanol–water partition coefficient (Wildman–Crippen LogP) is 2.31. The summed E-state index contributed by atoms with van der Waals surface area (Å²) in [5, 5.41) is 3.01. The van der Waals surface area contributed by atoms with Crippen molar-refractivity contribution in [2.45, 2.75) is 45.3 Å². The van der Waals surface area contributed by atoms with Gasteiger partial charge in [0.15, 0.2) is 0 Å². The van der Waals surface area contributed by atoms with Gasteiger partial charge in [0, 0.05) is 6.61 Å². The molecule has 0 bridgehead atoms. The highest BCUT2D eigenvalue weighted by molar-refractivity contribution is 5.78. The topological polar surface area (TPSA) is 47.6 Å². The van der Waals surface area contributed by atoms with Crippen LogP contribution in [0.25, 0.3) is 0 Å². The molecule has 1 fully saturated rings. The molecule has 0 radical (unpaired) electrons. The summed E-state index contributed by atoms with van der Waals surface area (Å²) < 4.78 is 11.0. The van der Waals surface area contributed by atoms with Crippen molar-refractivity contribution in [2.75, 3.05) is 13.2 Å². The van der Waals surface area contributed by atoms with E-state index in [0.717, 1.165) is 30.8 Å². The Morgan fingerprint density at radius 1 is 1.45 bits per heavy atom. The van der Waals surface area contributed by atoms with Crippen LogP contribution in [0.1, 0.15) is 32.3 Å². The second-order valence-electron chi connectivity index (χ2n) is 5.16. The molecule has 2 atom stereocenters. The summed E-state index contributed by atoms with van der Waals surface area (Å²) in [6.07, 6.45) is 2.68. The van der Waals surface area contributed by atoms with Gasteiger partial charge >= 0.3 is 0 Å². The lowest BCUT2D eigenvalue weighted by atomic mass is 10.1. The number of carbonyl (C=O) groups excluding carboxylic acids is 1. The second-order valence-corrected chi connectivity index (χ2v) is 5.16. The van der Waals surface area contributed by atoms with E-state index in [1.54, 1.807) is 0 Å². The molecular formula is C16H23NO3.